The summed E-state index contributed by atoms with van der Waals surface area (Å²) in [5.41, 5.74) is 6.59. The van der Waals surface area contributed by atoms with Crippen LogP contribution in [0, 0.1) is 0 Å². The van der Waals surface area contributed by atoms with Crippen molar-refractivity contribution in [1.82, 2.24) is 4.90 Å². The third-order valence-electron chi connectivity index (χ3n) is 3.85. The average molecular weight is 276 g/mol. The van der Waals surface area contributed by atoms with Gasteiger partial charge in [-0.1, -0.05) is 0 Å². The van der Waals surface area contributed by atoms with Crippen LogP contribution in [0.1, 0.15) is 23.2 Å². The number of ether oxygens (including phenoxy) is 2. The van der Waals surface area contributed by atoms with Gasteiger partial charge in [-0.15, -0.1) is 0 Å². The van der Waals surface area contributed by atoms with Crippen LogP contribution in [0.3, 0.4) is 0 Å². The molecule has 2 fully saturated rings. The minimum atomic E-state index is -0.102. The van der Waals surface area contributed by atoms with Crippen molar-refractivity contribution in [2.45, 2.75) is 25.0 Å². The maximum absolute atomic E-state index is 12.2. The van der Waals surface area contributed by atoms with E-state index in [-0.39, 0.29) is 18.1 Å². The molecular weight excluding hydrogens is 256 g/mol. The van der Waals surface area contributed by atoms with Gasteiger partial charge in [-0.25, -0.2) is 0 Å². The molecule has 2 aliphatic heterocycles. The van der Waals surface area contributed by atoms with E-state index >= 15 is 0 Å². The van der Waals surface area contributed by atoms with Gasteiger partial charge < -0.3 is 20.1 Å². The molecule has 5 heteroatoms. The predicted octanol–water partition coefficient (Wildman–Crippen LogP) is 1.03. The topological polar surface area (TPSA) is 64.8 Å². The van der Waals surface area contributed by atoms with Gasteiger partial charge in [0.15, 0.2) is 0 Å². The Balaban J connectivity index is 1.63. The van der Waals surface area contributed by atoms with Gasteiger partial charge in [-0.3, -0.25) is 4.79 Å². The Morgan fingerprint density at radius 2 is 1.90 bits per heavy atom. The number of nitrogens with two attached hydrogens (primary N) is 1. The summed E-state index contributed by atoms with van der Waals surface area (Å²) in [5.74, 6) is 0.837. The SMILES string of the molecule is NC1COCC1Oc1ccc(C(=O)N2CCCC2)cc1. The largest absolute Gasteiger partial charge is 0.486 e. The molecule has 2 heterocycles. The smallest absolute Gasteiger partial charge is 0.253 e. The van der Waals surface area contributed by atoms with Gasteiger partial charge in [0, 0.05) is 18.7 Å². The Bertz CT molecular complexity index is 469. The third-order valence-corrected chi connectivity index (χ3v) is 3.85. The highest BCUT2D eigenvalue weighted by Crippen LogP contribution is 2.19. The minimum absolute atomic E-state index is 0.0825. The second kappa shape index (κ2) is 5.81. The second-order valence-electron chi connectivity index (χ2n) is 5.38. The summed E-state index contributed by atoms with van der Waals surface area (Å²) in [5, 5.41) is 0. The zero-order valence-corrected chi connectivity index (χ0v) is 11.5. The van der Waals surface area contributed by atoms with Crippen LogP contribution >= 0.6 is 0 Å². The van der Waals surface area contributed by atoms with Gasteiger partial charge in [-0.2, -0.15) is 0 Å². The van der Waals surface area contributed by atoms with Gasteiger partial charge in [0.25, 0.3) is 5.91 Å². The van der Waals surface area contributed by atoms with Crippen LogP contribution in [-0.4, -0.2) is 49.3 Å². The van der Waals surface area contributed by atoms with Crippen LogP contribution in [0.25, 0.3) is 0 Å². The molecule has 0 bridgehead atoms. The molecule has 0 aromatic heterocycles. The molecule has 5 nitrogen and oxygen atoms in total. The van der Waals surface area contributed by atoms with Gasteiger partial charge in [-0.05, 0) is 37.1 Å². The maximum atomic E-state index is 12.2. The number of hydrogen-bond donors (Lipinski definition) is 1. The quantitative estimate of drug-likeness (QED) is 0.895. The van der Waals surface area contributed by atoms with Crippen LogP contribution in [0.2, 0.25) is 0 Å². The summed E-state index contributed by atoms with van der Waals surface area (Å²) < 4.78 is 11.0. The molecule has 0 saturated carbocycles. The van der Waals surface area contributed by atoms with E-state index in [1.807, 2.05) is 29.2 Å². The van der Waals surface area contributed by atoms with Crippen molar-refractivity contribution in [3.05, 3.63) is 29.8 Å². The van der Waals surface area contributed by atoms with Gasteiger partial charge in [0.2, 0.25) is 0 Å². The lowest BCUT2D eigenvalue weighted by Crippen LogP contribution is -2.37. The Kier molecular flexibility index (Phi) is 3.89. The molecule has 0 radical (unpaired) electrons. The first-order chi connectivity index (χ1) is 9.74. The van der Waals surface area contributed by atoms with Crippen LogP contribution in [0.15, 0.2) is 24.3 Å². The van der Waals surface area contributed by atoms with E-state index in [0.717, 1.165) is 31.7 Å². The first kappa shape index (κ1) is 13.4. The molecule has 2 N–H and O–H groups in total. The van der Waals surface area contributed by atoms with E-state index in [0.29, 0.717) is 18.8 Å². The van der Waals surface area contributed by atoms with Crippen LogP contribution in [0.5, 0.6) is 5.75 Å². The fourth-order valence-electron chi connectivity index (χ4n) is 2.63. The molecule has 2 saturated heterocycles. The van der Waals surface area contributed by atoms with Crippen molar-refractivity contribution in [3.63, 3.8) is 0 Å². The maximum Gasteiger partial charge on any atom is 0.253 e. The fourth-order valence-corrected chi connectivity index (χ4v) is 2.63. The van der Waals surface area contributed by atoms with Crippen molar-refractivity contribution >= 4 is 5.91 Å². The summed E-state index contributed by atoms with van der Waals surface area (Å²) in [6.45, 7) is 2.79. The van der Waals surface area contributed by atoms with Crippen molar-refractivity contribution in [2.24, 2.45) is 5.73 Å². The normalized spacial score (nSPS) is 25.9. The first-order valence-corrected chi connectivity index (χ1v) is 7.13. The Hall–Kier alpha value is -1.59. The third kappa shape index (κ3) is 2.78. The zero-order chi connectivity index (χ0) is 13.9. The molecule has 0 aliphatic carbocycles. The highest BCUT2D eigenvalue weighted by atomic mass is 16.5. The van der Waals surface area contributed by atoms with Crippen LogP contribution in [0.4, 0.5) is 0 Å². The molecule has 0 spiro atoms. The number of benzene rings is 1. The number of carbonyl (C=O) groups excluding carboxylic acids is 1. The molecule has 1 aromatic carbocycles. The number of amides is 1. The number of hydrogen-bond acceptors (Lipinski definition) is 4. The Labute approximate surface area is 118 Å². The average Bonchev–Trinajstić information content (AvgIpc) is 3.12. The van der Waals surface area contributed by atoms with Gasteiger partial charge in [0.05, 0.1) is 19.3 Å². The zero-order valence-electron chi connectivity index (χ0n) is 11.5. The minimum Gasteiger partial charge on any atom is -0.486 e. The summed E-state index contributed by atoms with van der Waals surface area (Å²) in [6, 6.07) is 7.21. The lowest BCUT2D eigenvalue weighted by atomic mass is 10.2. The van der Waals surface area contributed by atoms with E-state index in [1.165, 1.54) is 0 Å². The molecular formula is C15H20N2O3. The highest BCUT2D eigenvalue weighted by Gasteiger charge is 2.26. The molecule has 2 aliphatic rings. The van der Waals surface area contributed by atoms with E-state index < -0.39 is 0 Å². The lowest BCUT2D eigenvalue weighted by Gasteiger charge is -2.17. The molecule has 1 aromatic rings. The fraction of sp³-hybridized carbons (Fsp3) is 0.533. The van der Waals surface area contributed by atoms with Crippen LogP contribution in [-0.2, 0) is 4.74 Å². The standard InChI is InChI=1S/C15H20N2O3/c16-13-9-19-10-14(13)20-12-5-3-11(4-6-12)15(18)17-7-1-2-8-17/h3-6,13-14H,1-2,7-10,16H2. The van der Waals surface area contributed by atoms with E-state index in [1.54, 1.807) is 0 Å². The van der Waals surface area contributed by atoms with Crippen molar-refractivity contribution in [1.29, 1.82) is 0 Å². The predicted molar refractivity (Wildman–Crippen MR) is 74.8 cm³/mol. The summed E-state index contributed by atoms with van der Waals surface area (Å²) in [6.07, 6.45) is 2.11. The van der Waals surface area contributed by atoms with Crippen LogP contribution < -0.4 is 10.5 Å². The first-order valence-electron chi connectivity index (χ1n) is 7.13. The van der Waals surface area contributed by atoms with Gasteiger partial charge in [0.1, 0.15) is 11.9 Å². The molecule has 2 atom stereocenters. The summed E-state index contributed by atoms with van der Waals surface area (Å²) in [4.78, 5) is 14.1. The second-order valence-corrected chi connectivity index (χ2v) is 5.38. The number of rotatable bonds is 3. The summed E-state index contributed by atoms with van der Waals surface area (Å²) in [7, 11) is 0. The highest BCUT2D eigenvalue weighted by molar-refractivity contribution is 5.94. The Morgan fingerprint density at radius 3 is 2.50 bits per heavy atom. The van der Waals surface area contributed by atoms with Gasteiger partial charge >= 0.3 is 0 Å². The van der Waals surface area contributed by atoms with E-state index in [9.17, 15) is 4.79 Å². The van der Waals surface area contributed by atoms with E-state index in [2.05, 4.69) is 0 Å². The van der Waals surface area contributed by atoms with E-state index in [4.69, 9.17) is 15.2 Å². The van der Waals surface area contributed by atoms with Crippen molar-refractivity contribution in [3.8, 4) is 5.75 Å². The lowest BCUT2D eigenvalue weighted by molar-refractivity contribution is 0.0792. The number of carbonyl (C=O) groups is 1. The van der Waals surface area contributed by atoms with Crippen molar-refractivity contribution in [2.75, 3.05) is 26.3 Å². The number of nitrogens with zero attached hydrogens (tertiary/aromatic N) is 1. The monoisotopic (exact) mass is 276 g/mol. The Morgan fingerprint density at radius 1 is 1.20 bits per heavy atom. The molecule has 1 amide bonds. The molecule has 2 unspecified atom stereocenters. The molecule has 3 rings (SSSR count). The molecule has 108 valence electrons. The summed E-state index contributed by atoms with van der Waals surface area (Å²) >= 11 is 0. The number of likely N-dealkylation sites (tertiary alicyclic amines) is 1. The molecule has 20 heavy (non-hydrogen) atoms. The van der Waals surface area contributed by atoms with Crippen molar-refractivity contribution < 1.29 is 14.3 Å².